The summed E-state index contributed by atoms with van der Waals surface area (Å²) in [6, 6.07) is 23.5. The number of allylic oxidation sites excluding steroid dienone is 1. The second-order valence-corrected chi connectivity index (χ2v) is 7.26. The Balaban J connectivity index is 1.41. The van der Waals surface area contributed by atoms with Crippen molar-refractivity contribution >= 4 is 22.8 Å². The van der Waals surface area contributed by atoms with Gasteiger partial charge in [0.1, 0.15) is 18.1 Å². The number of aromatic nitrogens is 1. The predicted molar refractivity (Wildman–Crippen MR) is 118 cm³/mol. The molecule has 30 heavy (non-hydrogen) atoms. The van der Waals surface area contributed by atoms with Crippen LogP contribution >= 0.6 is 0 Å². The first kappa shape index (κ1) is 18.3. The summed E-state index contributed by atoms with van der Waals surface area (Å²) in [6.45, 7) is 3.43. The number of hydrogen-bond acceptors (Lipinski definition) is 3. The number of ketones is 1. The average Bonchev–Trinajstić information content (AvgIpc) is 3.30. The summed E-state index contributed by atoms with van der Waals surface area (Å²) in [7, 11) is 0. The molecule has 1 aliphatic rings. The molecule has 0 saturated heterocycles. The molecule has 1 aliphatic heterocycles. The lowest BCUT2D eigenvalue weighted by Crippen LogP contribution is -1.98. The molecule has 2 heterocycles. The van der Waals surface area contributed by atoms with Crippen LogP contribution in [0.15, 0.2) is 84.8 Å². The van der Waals surface area contributed by atoms with Crippen molar-refractivity contribution in [3.8, 4) is 11.5 Å². The van der Waals surface area contributed by atoms with Crippen LogP contribution in [0.1, 0.15) is 28.4 Å². The Morgan fingerprint density at radius 3 is 2.63 bits per heavy atom. The van der Waals surface area contributed by atoms with Crippen molar-refractivity contribution in [1.82, 2.24) is 4.57 Å². The molecule has 0 N–H and O–H groups in total. The monoisotopic (exact) mass is 395 g/mol. The predicted octanol–water partition coefficient (Wildman–Crippen LogP) is 5.86. The summed E-state index contributed by atoms with van der Waals surface area (Å²) >= 11 is 0. The fraction of sp³-hybridized carbons (Fsp3) is 0.115. The number of benzene rings is 3. The van der Waals surface area contributed by atoms with Crippen LogP contribution in [0.4, 0.5) is 0 Å². The molecule has 0 spiro atoms. The van der Waals surface area contributed by atoms with E-state index in [1.54, 1.807) is 12.1 Å². The third kappa shape index (κ3) is 3.26. The van der Waals surface area contributed by atoms with E-state index in [1.807, 2.05) is 54.6 Å². The van der Waals surface area contributed by atoms with Gasteiger partial charge in [-0.3, -0.25) is 4.79 Å². The Morgan fingerprint density at radius 2 is 1.80 bits per heavy atom. The fourth-order valence-corrected chi connectivity index (χ4v) is 3.79. The van der Waals surface area contributed by atoms with Gasteiger partial charge in [-0.25, -0.2) is 0 Å². The molecule has 3 aromatic carbocycles. The van der Waals surface area contributed by atoms with Crippen molar-refractivity contribution in [2.75, 3.05) is 0 Å². The van der Waals surface area contributed by atoms with Crippen molar-refractivity contribution in [2.45, 2.75) is 20.1 Å². The van der Waals surface area contributed by atoms with E-state index in [-0.39, 0.29) is 5.78 Å². The quantitative estimate of drug-likeness (QED) is 0.398. The zero-order valence-electron chi connectivity index (χ0n) is 16.7. The number of ether oxygens (including phenoxy) is 2. The molecule has 1 aromatic heterocycles. The third-order valence-electron chi connectivity index (χ3n) is 5.34. The SMILES string of the molecule is CCn1cc(/C=C2\Oc3cc(OCc4ccccc4)ccc3C2=O)c2ccccc21. The van der Waals surface area contributed by atoms with E-state index in [1.165, 1.54) is 0 Å². The molecule has 0 aliphatic carbocycles. The minimum Gasteiger partial charge on any atom is -0.489 e. The molecule has 0 unspecified atom stereocenters. The summed E-state index contributed by atoms with van der Waals surface area (Å²) in [5.41, 5.74) is 3.77. The summed E-state index contributed by atoms with van der Waals surface area (Å²) in [5.74, 6) is 1.45. The topological polar surface area (TPSA) is 40.5 Å². The standard InChI is InChI=1S/C26H21NO3/c1-2-27-16-19(21-10-6-7-11-23(21)27)14-25-26(28)22-13-12-20(15-24(22)30-25)29-17-18-8-4-3-5-9-18/h3-16H,2,17H2,1H3/b25-14-. The molecule has 0 saturated carbocycles. The van der Waals surface area contributed by atoms with Gasteiger partial charge in [0.15, 0.2) is 5.76 Å². The Morgan fingerprint density at radius 1 is 1.00 bits per heavy atom. The molecule has 5 rings (SSSR count). The highest BCUT2D eigenvalue weighted by Gasteiger charge is 2.28. The van der Waals surface area contributed by atoms with Gasteiger partial charge >= 0.3 is 0 Å². The Bertz CT molecular complexity index is 1270. The maximum absolute atomic E-state index is 12.9. The Kier molecular flexibility index (Phi) is 4.60. The number of fused-ring (bicyclic) bond motifs is 2. The summed E-state index contributed by atoms with van der Waals surface area (Å²) in [6.07, 6.45) is 3.90. The Hall–Kier alpha value is -3.79. The smallest absolute Gasteiger partial charge is 0.231 e. The van der Waals surface area contributed by atoms with Gasteiger partial charge in [-0.1, -0.05) is 48.5 Å². The normalized spacial score (nSPS) is 14.2. The van der Waals surface area contributed by atoms with E-state index in [2.05, 4.69) is 29.8 Å². The maximum Gasteiger partial charge on any atom is 0.231 e. The van der Waals surface area contributed by atoms with Crippen molar-refractivity contribution in [1.29, 1.82) is 0 Å². The summed E-state index contributed by atoms with van der Waals surface area (Å²) < 4.78 is 14.0. The van der Waals surface area contributed by atoms with Gasteiger partial charge in [0.25, 0.3) is 0 Å². The minimum atomic E-state index is -0.104. The number of hydrogen-bond donors (Lipinski definition) is 0. The largest absolute Gasteiger partial charge is 0.489 e. The number of para-hydroxylation sites is 1. The molecular formula is C26H21NO3. The molecule has 4 heteroatoms. The number of carbonyl (C=O) groups is 1. The van der Waals surface area contributed by atoms with Crippen molar-refractivity contribution in [2.24, 2.45) is 0 Å². The van der Waals surface area contributed by atoms with E-state index < -0.39 is 0 Å². The van der Waals surface area contributed by atoms with Crippen molar-refractivity contribution in [3.63, 3.8) is 0 Å². The third-order valence-corrected chi connectivity index (χ3v) is 5.34. The number of carbonyl (C=O) groups excluding carboxylic acids is 1. The molecule has 0 fully saturated rings. The summed E-state index contributed by atoms with van der Waals surface area (Å²) in [5, 5.41) is 1.10. The summed E-state index contributed by atoms with van der Waals surface area (Å²) in [4.78, 5) is 12.9. The van der Waals surface area contributed by atoms with Gasteiger partial charge in [-0.05, 0) is 36.8 Å². The first-order valence-corrected chi connectivity index (χ1v) is 10.1. The number of rotatable bonds is 5. The number of aryl methyl sites for hydroxylation is 1. The van der Waals surface area contributed by atoms with Crippen LogP contribution in [-0.2, 0) is 13.2 Å². The van der Waals surface area contributed by atoms with Crippen LogP contribution in [0.2, 0.25) is 0 Å². The first-order chi connectivity index (χ1) is 14.7. The van der Waals surface area contributed by atoms with Gasteiger partial charge in [0, 0.05) is 35.3 Å². The van der Waals surface area contributed by atoms with Crippen LogP contribution in [0.25, 0.3) is 17.0 Å². The molecule has 0 radical (unpaired) electrons. The lowest BCUT2D eigenvalue weighted by molar-refractivity contribution is 0.101. The molecule has 4 aromatic rings. The molecule has 0 atom stereocenters. The van der Waals surface area contributed by atoms with Gasteiger partial charge in [0.2, 0.25) is 5.78 Å². The molecule has 4 nitrogen and oxygen atoms in total. The highest BCUT2D eigenvalue weighted by Crippen LogP contribution is 2.36. The van der Waals surface area contributed by atoms with Crippen LogP contribution in [0.3, 0.4) is 0 Å². The van der Waals surface area contributed by atoms with Crippen LogP contribution in [0.5, 0.6) is 11.5 Å². The fourth-order valence-electron chi connectivity index (χ4n) is 3.79. The lowest BCUT2D eigenvalue weighted by Gasteiger charge is -2.07. The lowest BCUT2D eigenvalue weighted by atomic mass is 10.1. The Labute approximate surface area is 175 Å². The van der Waals surface area contributed by atoms with Crippen LogP contribution in [0, 0.1) is 0 Å². The van der Waals surface area contributed by atoms with Gasteiger partial charge in [-0.2, -0.15) is 0 Å². The van der Waals surface area contributed by atoms with Crippen LogP contribution < -0.4 is 9.47 Å². The highest BCUT2D eigenvalue weighted by molar-refractivity contribution is 6.15. The number of nitrogens with zero attached hydrogens (tertiary/aromatic N) is 1. The van der Waals surface area contributed by atoms with Gasteiger partial charge < -0.3 is 14.0 Å². The van der Waals surface area contributed by atoms with Gasteiger partial charge in [-0.15, -0.1) is 0 Å². The van der Waals surface area contributed by atoms with Crippen LogP contribution in [-0.4, -0.2) is 10.4 Å². The molecule has 0 bridgehead atoms. The van der Waals surface area contributed by atoms with Crippen molar-refractivity contribution < 1.29 is 14.3 Å². The zero-order valence-corrected chi connectivity index (χ0v) is 16.7. The molecule has 148 valence electrons. The molecular weight excluding hydrogens is 374 g/mol. The van der Waals surface area contributed by atoms with E-state index >= 15 is 0 Å². The van der Waals surface area contributed by atoms with E-state index in [0.717, 1.165) is 28.6 Å². The van der Waals surface area contributed by atoms with E-state index in [0.29, 0.717) is 29.4 Å². The second kappa shape index (κ2) is 7.56. The van der Waals surface area contributed by atoms with Crippen molar-refractivity contribution in [3.05, 3.63) is 101 Å². The minimum absolute atomic E-state index is 0.104. The second-order valence-electron chi connectivity index (χ2n) is 7.26. The highest BCUT2D eigenvalue weighted by atomic mass is 16.5. The average molecular weight is 395 g/mol. The molecule has 0 amide bonds. The maximum atomic E-state index is 12.9. The van der Waals surface area contributed by atoms with E-state index in [9.17, 15) is 4.79 Å². The number of Topliss-reactive ketones (excluding diaryl/α,β-unsaturated/α-hetero) is 1. The van der Waals surface area contributed by atoms with E-state index in [4.69, 9.17) is 9.47 Å². The zero-order chi connectivity index (χ0) is 20.5. The van der Waals surface area contributed by atoms with Gasteiger partial charge in [0.05, 0.1) is 5.56 Å². The first-order valence-electron chi connectivity index (χ1n) is 10.1.